The van der Waals surface area contributed by atoms with Crippen molar-refractivity contribution in [2.75, 3.05) is 11.9 Å². The molecule has 1 aliphatic heterocycles. The summed E-state index contributed by atoms with van der Waals surface area (Å²) in [6, 6.07) is 1.32. The van der Waals surface area contributed by atoms with Crippen molar-refractivity contribution in [2.24, 2.45) is 0 Å². The van der Waals surface area contributed by atoms with E-state index in [1.165, 1.54) is 109 Å². The number of ether oxygens (including phenoxy) is 1. The van der Waals surface area contributed by atoms with Gasteiger partial charge in [-0.3, -0.25) is 13.9 Å². The van der Waals surface area contributed by atoms with Crippen molar-refractivity contribution < 1.29 is 52.4 Å². The molecular weight excluding hydrogens is 668 g/mol. The molecule has 0 radical (unpaired) electrons. The second-order valence-corrected chi connectivity index (χ2v) is 15.4. The van der Waals surface area contributed by atoms with E-state index in [4.69, 9.17) is 14.5 Å². The van der Waals surface area contributed by atoms with E-state index in [-0.39, 0.29) is 18.1 Å². The van der Waals surface area contributed by atoms with E-state index in [2.05, 4.69) is 26.1 Å². The van der Waals surface area contributed by atoms with Crippen LogP contribution in [0.15, 0.2) is 17.1 Å². The van der Waals surface area contributed by atoms with Crippen LogP contribution in [-0.2, 0) is 27.5 Å². The zero-order valence-electron chi connectivity index (χ0n) is 28.2. The van der Waals surface area contributed by atoms with Crippen LogP contribution in [0, 0.1) is 0 Å². The fourth-order valence-corrected chi connectivity index (χ4v) is 7.27. The van der Waals surface area contributed by atoms with Gasteiger partial charge >= 0.3 is 21.3 Å². The molecule has 2 heterocycles. The van der Waals surface area contributed by atoms with Crippen LogP contribution >= 0.6 is 15.6 Å². The summed E-state index contributed by atoms with van der Waals surface area (Å²) in [7, 11) is -10.6. The van der Waals surface area contributed by atoms with E-state index < -0.39 is 52.5 Å². The number of carbonyl (C=O) groups is 1. The Morgan fingerprint density at radius 3 is 1.77 bits per heavy atom. The van der Waals surface area contributed by atoms with Gasteiger partial charge in [-0.2, -0.15) is 9.29 Å². The molecular formula is C31H57N3O12P2. The third-order valence-electron chi connectivity index (χ3n) is 8.33. The Morgan fingerprint density at radius 1 is 0.833 bits per heavy atom. The van der Waals surface area contributed by atoms with E-state index in [0.29, 0.717) is 6.42 Å². The van der Waals surface area contributed by atoms with E-state index in [1.807, 2.05) is 0 Å². The van der Waals surface area contributed by atoms with Gasteiger partial charge in [-0.15, -0.1) is 0 Å². The first-order chi connectivity index (χ1) is 22.8. The number of aliphatic hydroxyl groups excluding tert-OH is 2. The van der Waals surface area contributed by atoms with Gasteiger partial charge in [0.15, 0.2) is 6.23 Å². The topological polar surface area (TPSA) is 227 Å². The monoisotopic (exact) mass is 725 g/mol. The Balaban J connectivity index is 1.55. The van der Waals surface area contributed by atoms with Crippen LogP contribution in [0.2, 0.25) is 0 Å². The van der Waals surface area contributed by atoms with Crippen LogP contribution in [0.1, 0.15) is 142 Å². The predicted octanol–water partition coefficient (Wildman–Crippen LogP) is 5.85. The van der Waals surface area contributed by atoms with Crippen LogP contribution in [0.3, 0.4) is 0 Å². The fourth-order valence-electron chi connectivity index (χ4n) is 5.67. The number of carbonyl (C=O) groups excluding carboxylic acids is 1. The van der Waals surface area contributed by atoms with Gasteiger partial charge in [-0.05, 0) is 12.5 Å². The van der Waals surface area contributed by atoms with Crippen molar-refractivity contribution in [3.05, 3.63) is 22.7 Å². The number of amides is 1. The number of aromatic nitrogens is 2. The van der Waals surface area contributed by atoms with Crippen molar-refractivity contribution in [3.63, 3.8) is 0 Å². The van der Waals surface area contributed by atoms with Gasteiger partial charge in [-0.1, -0.05) is 122 Å². The number of aliphatic hydroxyl groups is 2. The zero-order chi connectivity index (χ0) is 35.4. The highest BCUT2D eigenvalue weighted by Crippen LogP contribution is 2.57. The number of unbranched alkanes of at least 4 members (excludes halogenated alkanes) is 18. The number of hydrogen-bond donors (Lipinski definition) is 6. The van der Waals surface area contributed by atoms with Gasteiger partial charge < -0.3 is 34.9 Å². The maximum atomic E-state index is 12.6. The lowest BCUT2D eigenvalue weighted by Gasteiger charge is -2.18. The third-order valence-corrected chi connectivity index (χ3v) is 10.5. The van der Waals surface area contributed by atoms with Crippen molar-refractivity contribution in [1.29, 1.82) is 0 Å². The number of nitrogens with one attached hydrogen (secondary N) is 1. The second-order valence-electron chi connectivity index (χ2n) is 12.5. The Hall–Kier alpha value is -1.51. The van der Waals surface area contributed by atoms with Gasteiger partial charge in [0.1, 0.15) is 24.1 Å². The molecule has 48 heavy (non-hydrogen) atoms. The minimum atomic E-state index is -5.36. The van der Waals surface area contributed by atoms with Gasteiger partial charge in [0.2, 0.25) is 5.91 Å². The maximum Gasteiger partial charge on any atom is 0.481 e. The fraction of sp³-hybridized carbons (Fsp3) is 0.839. The molecule has 0 bridgehead atoms. The SMILES string of the molecule is CCCCCCCCCCCCCCCCCCCCCC(=O)Nc1ccn([C@@H]2O[C@H](COP(=O)(O)OP(=O)(O)O)[C@@H](O)[C@H]2O)c(=O)n1. The molecule has 0 aromatic carbocycles. The molecule has 17 heteroatoms. The molecule has 1 aromatic rings. The average molecular weight is 726 g/mol. The summed E-state index contributed by atoms with van der Waals surface area (Å²) in [5.74, 6) is -0.287. The largest absolute Gasteiger partial charge is 0.481 e. The molecule has 2 rings (SSSR count). The molecule has 0 saturated carbocycles. The smallest absolute Gasteiger partial charge is 0.387 e. The minimum Gasteiger partial charge on any atom is -0.387 e. The molecule has 1 aromatic heterocycles. The molecule has 1 fully saturated rings. The average Bonchev–Trinajstić information content (AvgIpc) is 3.28. The van der Waals surface area contributed by atoms with E-state index in [9.17, 15) is 33.8 Å². The number of phosphoric acid groups is 2. The van der Waals surface area contributed by atoms with Crippen LogP contribution in [0.4, 0.5) is 5.82 Å². The molecule has 0 spiro atoms. The lowest BCUT2D eigenvalue weighted by atomic mass is 10.0. The van der Waals surface area contributed by atoms with Crippen molar-refractivity contribution in [2.45, 2.75) is 160 Å². The van der Waals surface area contributed by atoms with Crippen LogP contribution < -0.4 is 11.0 Å². The molecule has 6 N–H and O–H groups in total. The highest BCUT2D eigenvalue weighted by atomic mass is 31.3. The lowest BCUT2D eigenvalue weighted by molar-refractivity contribution is -0.116. The third kappa shape index (κ3) is 17.9. The van der Waals surface area contributed by atoms with Crippen LogP contribution in [0.25, 0.3) is 0 Å². The Bertz CT molecular complexity index is 1210. The summed E-state index contributed by atoms with van der Waals surface area (Å²) < 4.78 is 36.8. The first kappa shape index (κ1) is 42.7. The number of nitrogens with zero attached hydrogens (tertiary/aromatic N) is 2. The van der Waals surface area contributed by atoms with Crippen LogP contribution in [-0.4, -0.2) is 65.3 Å². The molecule has 1 unspecified atom stereocenters. The molecule has 278 valence electrons. The quantitative estimate of drug-likeness (QED) is 0.0463. The molecule has 5 atom stereocenters. The summed E-state index contributed by atoms with van der Waals surface area (Å²) >= 11 is 0. The maximum absolute atomic E-state index is 12.6. The van der Waals surface area contributed by atoms with Gasteiger partial charge in [0, 0.05) is 12.6 Å². The van der Waals surface area contributed by atoms with Gasteiger partial charge in [0.05, 0.1) is 6.61 Å². The first-order valence-corrected chi connectivity index (χ1v) is 20.5. The lowest BCUT2D eigenvalue weighted by Crippen LogP contribution is -2.36. The zero-order valence-corrected chi connectivity index (χ0v) is 30.0. The highest BCUT2D eigenvalue weighted by Gasteiger charge is 2.45. The van der Waals surface area contributed by atoms with Gasteiger partial charge in [-0.25, -0.2) is 13.9 Å². The molecule has 1 aliphatic rings. The standard InChI is InChI=1S/C31H57N3O12P2/c1-2-3-4-5-6-7-8-9-10-11-12-13-14-15-16-17-18-19-20-21-27(35)32-26-22-23-34(31(38)33-26)30-29(37)28(36)25(45-30)24-44-48(42,43)46-47(39,40)41/h22-23,25,28-30,36-37H,2-21,24H2,1H3,(H,42,43)(H2,39,40,41)(H,32,33,35,38)/t25-,28-,29-,30-/m1/s1. The number of rotatable bonds is 27. The van der Waals surface area contributed by atoms with Crippen molar-refractivity contribution in [1.82, 2.24) is 9.55 Å². The molecule has 0 aliphatic carbocycles. The second kappa shape index (κ2) is 23.1. The van der Waals surface area contributed by atoms with E-state index in [0.717, 1.165) is 23.8 Å². The Labute approximate surface area is 283 Å². The summed E-state index contributed by atoms with van der Waals surface area (Å²) in [6.07, 6.45) is 19.2. The number of phosphoric ester groups is 1. The van der Waals surface area contributed by atoms with E-state index in [1.54, 1.807) is 0 Å². The Kier molecular flexibility index (Phi) is 20.5. The summed E-state index contributed by atoms with van der Waals surface area (Å²) in [5, 5.41) is 23.1. The molecule has 1 amide bonds. The van der Waals surface area contributed by atoms with Crippen molar-refractivity contribution >= 4 is 27.4 Å². The first-order valence-electron chi connectivity index (χ1n) is 17.5. The number of hydrogen-bond acceptors (Lipinski definition) is 10. The minimum absolute atomic E-state index is 0.00257. The molecule has 15 nitrogen and oxygen atoms in total. The normalized spacial score (nSPS) is 21.0. The Morgan fingerprint density at radius 2 is 1.31 bits per heavy atom. The van der Waals surface area contributed by atoms with Crippen molar-refractivity contribution in [3.8, 4) is 0 Å². The molecule has 1 saturated heterocycles. The summed E-state index contributed by atoms with van der Waals surface area (Å²) in [4.78, 5) is 55.5. The summed E-state index contributed by atoms with van der Waals surface area (Å²) in [5.41, 5.74) is -0.910. The van der Waals surface area contributed by atoms with Crippen LogP contribution in [0.5, 0.6) is 0 Å². The van der Waals surface area contributed by atoms with Gasteiger partial charge in [0.25, 0.3) is 0 Å². The number of anilines is 1. The highest BCUT2D eigenvalue weighted by molar-refractivity contribution is 7.60. The predicted molar refractivity (Wildman–Crippen MR) is 180 cm³/mol. The van der Waals surface area contributed by atoms with E-state index >= 15 is 0 Å². The summed E-state index contributed by atoms with van der Waals surface area (Å²) in [6.45, 7) is 1.35.